The smallest absolute Gasteiger partial charge is 0.142 e. The lowest BCUT2D eigenvalue weighted by atomic mass is 10.3. The maximum atomic E-state index is 5.45. The van der Waals surface area contributed by atoms with Gasteiger partial charge in [0.05, 0.1) is 17.2 Å². The van der Waals surface area contributed by atoms with Crippen molar-refractivity contribution in [2.24, 2.45) is 0 Å². The molecule has 1 heterocycles. The van der Waals surface area contributed by atoms with E-state index in [2.05, 4.69) is 9.97 Å². The Balaban J connectivity index is 0.000000531. The number of nitrogens with zero attached hydrogens (tertiary/aromatic N) is 2. The fraction of sp³-hybridized carbons (Fsp3) is 0.200. The third-order valence-corrected chi connectivity index (χ3v) is 1.47. The average molecular weight is 177 g/mol. The van der Waals surface area contributed by atoms with Gasteiger partial charge in [-0.05, 0) is 12.1 Å². The van der Waals surface area contributed by atoms with Crippen LogP contribution in [0.2, 0.25) is 0 Å². The van der Waals surface area contributed by atoms with Crippen molar-refractivity contribution in [1.82, 2.24) is 9.97 Å². The molecular formula is C10H15N3. The van der Waals surface area contributed by atoms with Crippen molar-refractivity contribution in [3.05, 3.63) is 30.5 Å². The normalized spacial score (nSPS) is 9.08. The van der Waals surface area contributed by atoms with Crippen molar-refractivity contribution in [3.63, 3.8) is 0 Å². The first-order valence-corrected chi connectivity index (χ1v) is 4.33. The van der Waals surface area contributed by atoms with Crippen LogP contribution in [0.15, 0.2) is 30.5 Å². The highest BCUT2D eigenvalue weighted by atomic mass is 14.9. The third-order valence-electron chi connectivity index (χ3n) is 1.47. The van der Waals surface area contributed by atoms with Crippen LogP contribution in [-0.2, 0) is 0 Å². The topological polar surface area (TPSA) is 51.8 Å². The number of aromatic nitrogens is 2. The van der Waals surface area contributed by atoms with E-state index in [1.165, 1.54) is 0 Å². The lowest BCUT2D eigenvalue weighted by molar-refractivity contribution is 1.30. The summed E-state index contributed by atoms with van der Waals surface area (Å²) in [5.74, 6) is 0.462. The van der Waals surface area contributed by atoms with Gasteiger partial charge in [0.2, 0.25) is 0 Å². The highest BCUT2D eigenvalue weighted by Crippen LogP contribution is 2.08. The number of hydrogen-bond donors (Lipinski definition) is 1. The number of nitrogens with two attached hydrogens (primary N) is 1. The summed E-state index contributed by atoms with van der Waals surface area (Å²) in [7, 11) is 0. The Morgan fingerprint density at radius 1 is 1.15 bits per heavy atom. The number of fused-ring (bicyclic) bond motifs is 1. The van der Waals surface area contributed by atoms with Gasteiger partial charge in [0.25, 0.3) is 0 Å². The molecule has 3 nitrogen and oxygen atoms in total. The molecule has 13 heavy (non-hydrogen) atoms. The molecule has 0 saturated carbocycles. The Morgan fingerprint density at radius 3 is 2.46 bits per heavy atom. The fourth-order valence-electron chi connectivity index (χ4n) is 0.972. The van der Waals surface area contributed by atoms with Crippen molar-refractivity contribution in [1.29, 1.82) is 0 Å². The molecule has 2 rings (SSSR count). The molecule has 0 aliphatic carbocycles. The summed E-state index contributed by atoms with van der Waals surface area (Å²) in [6.45, 7) is 4.00. The molecule has 0 saturated heterocycles. The van der Waals surface area contributed by atoms with Crippen molar-refractivity contribution in [2.75, 3.05) is 5.73 Å². The number of benzene rings is 1. The first kappa shape index (κ1) is 9.45. The third kappa shape index (κ3) is 2.15. The molecule has 3 heteroatoms. The Hall–Kier alpha value is -1.64. The Bertz CT molecular complexity index is 390. The first-order chi connectivity index (χ1) is 6.36. The van der Waals surface area contributed by atoms with Gasteiger partial charge in [0, 0.05) is 1.43 Å². The van der Waals surface area contributed by atoms with Gasteiger partial charge in [0.1, 0.15) is 5.82 Å². The van der Waals surface area contributed by atoms with E-state index < -0.39 is 0 Å². The van der Waals surface area contributed by atoms with Crippen LogP contribution in [0.3, 0.4) is 0 Å². The van der Waals surface area contributed by atoms with Gasteiger partial charge in [-0.2, -0.15) is 0 Å². The highest BCUT2D eigenvalue weighted by Gasteiger charge is 1.92. The van der Waals surface area contributed by atoms with E-state index >= 15 is 0 Å². The molecule has 1 aromatic carbocycles. The molecule has 1 aromatic heterocycles. The van der Waals surface area contributed by atoms with Crippen molar-refractivity contribution >= 4 is 16.9 Å². The summed E-state index contributed by atoms with van der Waals surface area (Å²) in [5, 5.41) is 0. The summed E-state index contributed by atoms with van der Waals surface area (Å²) in [5.41, 5.74) is 7.17. The second-order valence-corrected chi connectivity index (χ2v) is 2.28. The van der Waals surface area contributed by atoms with Gasteiger partial charge in [-0.15, -0.1) is 0 Å². The number of para-hydroxylation sites is 2. The van der Waals surface area contributed by atoms with Crippen LogP contribution in [0.4, 0.5) is 5.82 Å². The zero-order chi connectivity index (χ0) is 9.68. The van der Waals surface area contributed by atoms with Crippen LogP contribution in [0.25, 0.3) is 11.0 Å². The highest BCUT2D eigenvalue weighted by molar-refractivity contribution is 5.74. The molecule has 2 N–H and O–H groups in total. The molecule has 70 valence electrons. The average Bonchev–Trinajstić information content (AvgIpc) is 2.21. The maximum absolute atomic E-state index is 5.45. The minimum Gasteiger partial charge on any atom is -0.382 e. The van der Waals surface area contributed by atoms with E-state index in [-0.39, 0.29) is 1.43 Å². The van der Waals surface area contributed by atoms with E-state index in [9.17, 15) is 0 Å². The molecule has 0 spiro atoms. The molecule has 0 amide bonds. The molecule has 0 aliphatic rings. The first-order valence-electron chi connectivity index (χ1n) is 4.33. The van der Waals surface area contributed by atoms with E-state index in [1.807, 2.05) is 38.1 Å². The van der Waals surface area contributed by atoms with Gasteiger partial charge in [0.15, 0.2) is 0 Å². The van der Waals surface area contributed by atoms with Crippen LogP contribution < -0.4 is 5.73 Å². The molecule has 0 atom stereocenters. The fourth-order valence-corrected chi connectivity index (χ4v) is 0.972. The van der Waals surface area contributed by atoms with Gasteiger partial charge < -0.3 is 5.73 Å². The van der Waals surface area contributed by atoms with Crippen LogP contribution >= 0.6 is 0 Å². The van der Waals surface area contributed by atoms with Crippen molar-refractivity contribution < 1.29 is 1.43 Å². The van der Waals surface area contributed by atoms with Gasteiger partial charge in [-0.1, -0.05) is 26.0 Å². The molecule has 0 fully saturated rings. The van der Waals surface area contributed by atoms with Crippen LogP contribution in [0.5, 0.6) is 0 Å². The second-order valence-electron chi connectivity index (χ2n) is 2.28. The standard InChI is InChI=1S/C8H7N3.C2H6.H2/c9-8-5-10-6-3-1-2-4-7(6)11-8;1-2;/h1-5H,(H2,9,11);1-2H3;1H. The van der Waals surface area contributed by atoms with Gasteiger partial charge in [-0.3, -0.25) is 4.98 Å². The molecule has 0 unspecified atom stereocenters. The van der Waals surface area contributed by atoms with E-state index in [1.54, 1.807) is 6.20 Å². The largest absolute Gasteiger partial charge is 0.382 e. The van der Waals surface area contributed by atoms with E-state index in [0.717, 1.165) is 11.0 Å². The zero-order valence-electron chi connectivity index (χ0n) is 7.86. The van der Waals surface area contributed by atoms with E-state index in [0.29, 0.717) is 5.82 Å². The Labute approximate surface area is 79.1 Å². The number of nitrogen functional groups attached to an aromatic ring is 1. The number of anilines is 1. The molecule has 2 aromatic rings. The monoisotopic (exact) mass is 177 g/mol. The quantitative estimate of drug-likeness (QED) is 0.672. The lowest BCUT2D eigenvalue weighted by Gasteiger charge is -1.94. The molecule has 0 aliphatic heterocycles. The molecule has 0 bridgehead atoms. The van der Waals surface area contributed by atoms with Crippen LogP contribution in [-0.4, -0.2) is 9.97 Å². The maximum Gasteiger partial charge on any atom is 0.142 e. The number of hydrogen-bond acceptors (Lipinski definition) is 3. The minimum atomic E-state index is 0. The number of rotatable bonds is 0. The zero-order valence-corrected chi connectivity index (χ0v) is 7.86. The SMILES string of the molecule is CC.Nc1cnc2ccccc2n1.[HH]. The van der Waals surface area contributed by atoms with Gasteiger partial charge in [-0.25, -0.2) is 4.98 Å². The Morgan fingerprint density at radius 2 is 1.77 bits per heavy atom. The second kappa shape index (κ2) is 4.40. The van der Waals surface area contributed by atoms with E-state index in [4.69, 9.17) is 5.73 Å². The lowest BCUT2D eigenvalue weighted by Crippen LogP contribution is -1.91. The van der Waals surface area contributed by atoms with Crippen LogP contribution in [0.1, 0.15) is 15.3 Å². The Kier molecular flexibility index (Phi) is 3.20. The molecule has 0 radical (unpaired) electrons. The summed E-state index contributed by atoms with van der Waals surface area (Å²) in [6, 6.07) is 7.63. The minimum absolute atomic E-state index is 0. The predicted molar refractivity (Wildman–Crippen MR) is 57.4 cm³/mol. The summed E-state index contributed by atoms with van der Waals surface area (Å²) in [6.07, 6.45) is 1.56. The van der Waals surface area contributed by atoms with Crippen molar-refractivity contribution in [2.45, 2.75) is 13.8 Å². The molecular weight excluding hydrogens is 162 g/mol. The van der Waals surface area contributed by atoms with Gasteiger partial charge >= 0.3 is 0 Å². The van der Waals surface area contributed by atoms with Crippen molar-refractivity contribution in [3.8, 4) is 0 Å². The summed E-state index contributed by atoms with van der Waals surface area (Å²) >= 11 is 0. The predicted octanol–water partition coefficient (Wildman–Crippen LogP) is 2.48. The summed E-state index contributed by atoms with van der Waals surface area (Å²) in [4.78, 5) is 8.18. The summed E-state index contributed by atoms with van der Waals surface area (Å²) < 4.78 is 0. The van der Waals surface area contributed by atoms with Crippen LogP contribution in [0, 0.1) is 0 Å².